The average molecular weight is 340 g/mol. The molecule has 0 spiro atoms. The molecule has 0 saturated carbocycles. The molecule has 1 aromatic carbocycles. The van der Waals surface area contributed by atoms with Crippen molar-refractivity contribution in [3.05, 3.63) is 53.0 Å². The molecule has 6 nitrogen and oxygen atoms in total. The van der Waals surface area contributed by atoms with E-state index in [0.29, 0.717) is 11.6 Å². The van der Waals surface area contributed by atoms with Crippen molar-refractivity contribution in [2.24, 2.45) is 0 Å². The third-order valence-corrected chi connectivity index (χ3v) is 4.86. The van der Waals surface area contributed by atoms with Gasteiger partial charge < -0.3 is 14.6 Å². The first-order valence-corrected chi connectivity index (χ1v) is 8.72. The first-order chi connectivity index (χ1) is 11.8. The standard InChI is InChI=1S/C17H16N4O2S/c22-17(21-7-2-5-15(21)13-6-8-24-10-13)19-14-4-1-3-12(9-14)16-20-18-11-23-16/h1,3-4,6,8-11,15H,2,5,7H2,(H,19,22)/t15-/m0/s1. The summed E-state index contributed by atoms with van der Waals surface area (Å²) < 4.78 is 5.20. The molecule has 0 aliphatic carbocycles. The normalized spacial score (nSPS) is 17.2. The van der Waals surface area contributed by atoms with Gasteiger partial charge in [0.1, 0.15) is 0 Å². The van der Waals surface area contributed by atoms with E-state index >= 15 is 0 Å². The van der Waals surface area contributed by atoms with Crippen LogP contribution in [0.5, 0.6) is 0 Å². The molecule has 122 valence electrons. The van der Waals surface area contributed by atoms with E-state index in [1.165, 1.54) is 12.0 Å². The van der Waals surface area contributed by atoms with Crippen LogP contribution >= 0.6 is 11.3 Å². The van der Waals surface area contributed by atoms with Crippen LogP contribution in [0.15, 0.2) is 51.9 Å². The van der Waals surface area contributed by atoms with Gasteiger partial charge in [0.25, 0.3) is 0 Å². The van der Waals surface area contributed by atoms with E-state index in [1.54, 1.807) is 11.3 Å². The second-order valence-corrected chi connectivity index (χ2v) is 6.44. The van der Waals surface area contributed by atoms with Crippen LogP contribution in [0.2, 0.25) is 0 Å². The van der Waals surface area contributed by atoms with Crippen LogP contribution in [0, 0.1) is 0 Å². The fraction of sp³-hybridized carbons (Fsp3) is 0.235. The third-order valence-electron chi connectivity index (χ3n) is 4.16. The van der Waals surface area contributed by atoms with E-state index in [9.17, 15) is 4.79 Å². The lowest BCUT2D eigenvalue weighted by atomic mass is 10.1. The summed E-state index contributed by atoms with van der Waals surface area (Å²) in [5, 5.41) is 14.7. The zero-order chi connectivity index (χ0) is 16.4. The van der Waals surface area contributed by atoms with Gasteiger partial charge in [-0.05, 0) is 53.4 Å². The average Bonchev–Trinajstić information content (AvgIpc) is 3.35. The molecule has 2 aromatic heterocycles. The predicted octanol–water partition coefficient (Wildman–Crippen LogP) is 4.17. The number of thiophene rings is 1. The number of benzene rings is 1. The van der Waals surface area contributed by atoms with Crippen molar-refractivity contribution in [2.45, 2.75) is 18.9 Å². The minimum atomic E-state index is -0.0774. The van der Waals surface area contributed by atoms with Crippen LogP contribution in [0.4, 0.5) is 10.5 Å². The first-order valence-electron chi connectivity index (χ1n) is 7.77. The minimum Gasteiger partial charge on any atom is -0.423 e. The number of nitrogens with zero attached hydrogens (tertiary/aromatic N) is 3. The highest BCUT2D eigenvalue weighted by Gasteiger charge is 2.30. The van der Waals surface area contributed by atoms with Crippen molar-refractivity contribution in [1.29, 1.82) is 0 Å². The van der Waals surface area contributed by atoms with E-state index in [4.69, 9.17) is 4.42 Å². The second-order valence-electron chi connectivity index (χ2n) is 5.66. The maximum absolute atomic E-state index is 12.7. The van der Waals surface area contributed by atoms with Crippen LogP contribution in [0.3, 0.4) is 0 Å². The fourth-order valence-corrected chi connectivity index (χ4v) is 3.75. The van der Waals surface area contributed by atoms with E-state index in [0.717, 1.165) is 24.9 Å². The molecule has 1 N–H and O–H groups in total. The number of hydrogen-bond acceptors (Lipinski definition) is 5. The van der Waals surface area contributed by atoms with Crippen molar-refractivity contribution < 1.29 is 9.21 Å². The Morgan fingerprint density at radius 3 is 3.12 bits per heavy atom. The van der Waals surface area contributed by atoms with Gasteiger partial charge in [0.05, 0.1) is 6.04 Å². The van der Waals surface area contributed by atoms with Gasteiger partial charge >= 0.3 is 6.03 Å². The predicted molar refractivity (Wildman–Crippen MR) is 91.8 cm³/mol. The summed E-state index contributed by atoms with van der Waals surface area (Å²) >= 11 is 1.66. The van der Waals surface area contributed by atoms with Gasteiger partial charge in [-0.25, -0.2) is 4.79 Å². The minimum absolute atomic E-state index is 0.0774. The molecule has 4 rings (SSSR count). The fourth-order valence-electron chi connectivity index (χ4n) is 3.05. The molecule has 0 bridgehead atoms. The molecule has 0 unspecified atom stereocenters. The summed E-state index contributed by atoms with van der Waals surface area (Å²) in [5.41, 5.74) is 2.71. The molecular weight excluding hydrogens is 324 g/mol. The number of carbonyl (C=O) groups excluding carboxylic acids is 1. The Morgan fingerprint density at radius 2 is 2.33 bits per heavy atom. The number of urea groups is 1. The van der Waals surface area contributed by atoms with Gasteiger partial charge in [0.15, 0.2) is 0 Å². The van der Waals surface area contributed by atoms with Crippen LogP contribution < -0.4 is 5.32 Å². The Bertz CT molecular complexity index is 817. The number of carbonyl (C=O) groups is 1. The molecule has 1 atom stereocenters. The molecule has 24 heavy (non-hydrogen) atoms. The number of rotatable bonds is 3. The number of anilines is 1. The molecule has 1 fully saturated rings. The van der Waals surface area contributed by atoms with Crippen molar-refractivity contribution in [1.82, 2.24) is 15.1 Å². The lowest BCUT2D eigenvalue weighted by Crippen LogP contribution is -2.34. The van der Waals surface area contributed by atoms with Gasteiger partial charge in [0, 0.05) is 17.8 Å². The molecule has 3 heterocycles. The highest BCUT2D eigenvalue weighted by atomic mass is 32.1. The smallest absolute Gasteiger partial charge is 0.322 e. The zero-order valence-electron chi connectivity index (χ0n) is 12.9. The van der Waals surface area contributed by atoms with Crippen molar-refractivity contribution in [3.63, 3.8) is 0 Å². The molecule has 7 heteroatoms. The van der Waals surface area contributed by atoms with Crippen LogP contribution in [0.1, 0.15) is 24.4 Å². The summed E-state index contributed by atoms with van der Waals surface area (Å²) in [4.78, 5) is 14.6. The SMILES string of the molecule is O=C(Nc1cccc(-c2nnco2)c1)N1CCC[C@H]1c1ccsc1. The second kappa shape index (κ2) is 6.45. The van der Waals surface area contributed by atoms with Crippen LogP contribution in [-0.4, -0.2) is 27.7 Å². The maximum atomic E-state index is 12.7. The number of likely N-dealkylation sites (tertiary alicyclic amines) is 1. The summed E-state index contributed by atoms with van der Waals surface area (Å²) in [6, 6.07) is 9.59. The van der Waals surface area contributed by atoms with Crippen LogP contribution in [0.25, 0.3) is 11.5 Å². The zero-order valence-corrected chi connectivity index (χ0v) is 13.7. The van der Waals surface area contributed by atoms with Crippen molar-refractivity contribution in [3.8, 4) is 11.5 Å². The topological polar surface area (TPSA) is 71.3 Å². The number of nitrogens with one attached hydrogen (secondary N) is 1. The first kappa shape index (κ1) is 14.9. The molecule has 1 aliphatic heterocycles. The van der Waals surface area contributed by atoms with Crippen molar-refractivity contribution >= 4 is 23.1 Å². The summed E-state index contributed by atoms with van der Waals surface area (Å²) in [5.74, 6) is 0.434. The van der Waals surface area contributed by atoms with E-state index in [-0.39, 0.29) is 12.1 Å². The summed E-state index contributed by atoms with van der Waals surface area (Å²) in [7, 11) is 0. The van der Waals surface area contributed by atoms with Gasteiger partial charge in [-0.2, -0.15) is 11.3 Å². The lowest BCUT2D eigenvalue weighted by Gasteiger charge is -2.24. The largest absolute Gasteiger partial charge is 0.423 e. The van der Waals surface area contributed by atoms with Gasteiger partial charge in [-0.1, -0.05) is 6.07 Å². The molecule has 1 aliphatic rings. The Kier molecular flexibility index (Phi) is 4.00. The van der Waals surface area contributed by atoms with Crippen LogP contribution in [-0.2, 0) is 0 Å². The Labute approximate surface area is 143 Å². The van der Waals surface area contributed by atoms with Gasteiger partial charge in [-0.3, -0.25) is 0 Å². The Hall–Kier alpha value is -2.67. The molecular formula is C17H16N4O2S. The molecule has 0 radical (unpaired) electrons. The maximum Gasteiger partial charge on any atom is 0.322 e. The van der Waals surface area contributed by atoms with E-state index in [1.807, 2.05) is 29.2 Å². The Balaban J connectivity index is 1.51. The number of amides is 2. The monoisotopic (exact) mass is 340 g/mol. The molecule has 3 aromatic rings. The highest BCUT2D eigenvalue weighted by Crippen LogP contribution is 2.33. The third kappa shape index (κ3) is 2.90. The number of hydrogen-bond donors (Lipinski definition) is 1. The highest BCUT2D eigenvalue weighted by molar-refractivity contribution is 7.08. The molecule has 1 saturated heterocycles. The van der Waals surface area contributed by atoms with E-state index in [2.05, 4.69) is 32.3 Å². The lowest BCUT2D eigenvalue weighted by molar-refractivity contribution is 0.207. The number of aromatic nitrogens is 2. The molecule has 2 amide bonds. The summed E-state index contributed by atoms with van der Waals surface area (Å²) in [6.07, 6.45) is 3.32. The van der Waals surface area contributed by atoms with Gasteiger partial charge in [-0.15, -0.1) is 10.2 Å². The van der Waals surface area contributed by atoms with E-state index < -0.39 is 0 Å². The quantitative estimate of drug-likeness (QED) is 0.777. The Morgan fingerprint density at radius 1 is 1.38 bits per heavy atom. The summed E-state index contributed by atoms with van der Waals surface area (Å²) in [6.45, 7) is 0.774. The van der Waals surface area contributed by atoms with Crippen molar-refractivity contribution in [2.75, 3.05) is 11.9 Å². The van der Waals surface area contributed by atoms with Gasteiger partial charge in [0.2, 0.25) is 12.3 Å².